The second-order valence-electron chi connectivity index (χ2n) is 4.31. The highest BCUT2D eigenvalue weighted by atomic mass is 32.2. The number of oxazole rings is 1. The molecule has 21 heavy (non-hydrogen) atoms. The highest BCUT2D eigenvalue weighted by molar-refractivity contribution is 7.89. The van der Waals surface area contributed by atoms with Gasteiger partial charge in [-0.25, -0.2) is 26.7 Å². The molecular weight excluding hydrogens is 310 g/mol. The normalized spacial score (nSPS) is 14.0. The Balaban J connectivity index is 2.30. The lowest BCUT2D eigenvalue weighted by atomic mass is 10.3. The van der Waals surface area contributed by atoms with Gasteiger partial charge < -0.3 is 9.52 Å². The number of aliphatic hydroxyl groups is 1. The molecule has 0 saturated heterocycles. The van der Waals surface area contributed by atoms with Crippen LogP contribution in [0.25, 0.3) is 11.1 Å². The summed E-state index contributed by atoms with van der Waals surface area (Å²) in [5, 5.41) is 8.91. The molecule has 0 aliphatic heterocycles. The molecular formula is C11H12F2N2O5S. The fourth-order valence-electron chi connectivity index (χ4n) is 1.65. The lowest BCUT2D eigenvalue weighted by Crippen LogP contribution is -2.35. The SMILES string of the molecule is Cn1c(=O)oc2cc(S(=O)(=O)NCC(O)C(F)F)ccc21. The topological polar surface area (TPSA) is 102 Å². The molecule has 116 valence electrons. The van der Waals surface area contributed by atoms with Crippen molar-refractivity contribution in [2.45, 2.75) is 17.4 Å². The highest BCUT2D eigenvalue weighted by Gasteiger charge is 2.22. The van der Waals surface area contributed by atoms with Gasteiger partial charge in [0.15, 0.2) is 5.58 Å². The molecule has 0 bridgehead atoms. The number of fused-ring (bicyclic) bond motifs is 1. The number of benzene rings is 1. The Morgan fingerprint density at radius 1 is 1.43 bits per heavy atom. The summed E-state index contributed by atoms with van der Waals surface area (Å²) in [5.74, 6) is -0.652. The first-order valence-electron chi connectivity index (χ1n) is 5.78. The molecule has 0 aliphatic carbocycles. The molecule has 0 amide bonds. The summed E-state index contributed by atoms with van der Waals surface area (Å²) < 4.78 is 55.9. The number of aliphatic hydroxyl groups excluding tert-OH is 1. The van der Waals surface area contributed by atoms with E-state index in [4.69, 9.17) is 9.52 Å². The molecule has 0 aliphatic rings. The molecule has 10 heteroatoms. The van der Waals surface area contributed by atoms with Gasteiger partial charge in [0, 0.05) is 19.7 Å². The van der Waals surface area contributed by atoms with Gasteiger partial charge in [-0.05, 0) is 12.1 Å². The second kappa shape index (κ2) is 5.54. The Morgan fingerprint density at radius 3 is 2.71 bits per heavy atom. The zero-order valence-electron chi connectivity index (χ0n) is 10.8. The number of rotatable bonds is 5. The van der Waals surface area contributed by atoms with Crippen LogP contribution in [0, 0.1) is 0 Å². The van der Waals surface area contributed by atoms with E-state index in [2.05, 4.69) is 0 Å². The fraction of sp³-hybridized carbons (Fsp3) is 0.364. The molecule has 1 atom stereocenters. The summed E-state index contributed by atoms with van der Waals surface area (Å²) in [4.78, 5) is 11.0. The van der Waals surface area contributed by atoms with Gasteiger partial charge in [0.25, 0.3) is 6.43 Å². The third kappa shape index (κ3) is 3.12. The van der Waals surface area contributed by atoms with Crippen LogP contribution < -0.4 is 10.5 Å². The molecule has 2 N–H and O–H groups in total. The van der Waals surface area contributed by atoms with E-state index >= 15 is 0 Å². The van der Waals surface area contributed by atoms with E-state index in [1.807, 2.05) is 4.72 Å². The third-order valence-corrected chi connectivity index (χ3v) is 4.27. The maximum atomic E-state index is 12.1. The van der Waals surface area contributed by atoms with Crippen LogP contribution in [-0.4, -0.2) is 37.2 Å². The number of hydrogen-bond donors (Lipinski definition) is 2. The lowest BCUT2D eigenvalue weighted by molar-refractivity contribution is -0.000451. The van der Waals surface area contributed by atoms with E-state index in [1.165, 1.54) is 23.7 Å². The van der Waals surface area contributed by atoms with Crippen molar-refractivity contribution in [2.24, 2.45) is 7.05 Å². The summed E-state index contributed by atoms with van der Waals surface area (Å²) in [6.45, 7) is -0.823. The minimum absolute atomic E-state index is 0.0554. The molecule has 0 saturated carbocycles. The quantitative estimate of drug-likeness (QED) is 0.809. The molecule has 1 aromatic heterocycles. The van der Waals surface area contributed by atoms with Crippen molar-refractivity contribution in [3.05, 3.63) is 28.7 Å². The zero-order valence-corrected chi connectivity index (χ0v) is 11.6. The van der Waals surface area contributed by atoms with Gasteiger partial charge in [-0.1, -0.05) is 0 Å². The van der Waals surface area contributed by atoms with Gasteiger partial charge in [-0.2, -0.15) is 0 Å². The van der Waals surface area contributed by atoms with E-state index in [0.29, 0.717) is 5.52 Å². The van der Waals surface area contributed by atoms with E-state index in [9.17, 15) is 22.0 Å². The van der Waals surface area contributed by atoms with Gasteiger partial charge in [-0.3, -0.25) is 4.57 Å². The van der Waals surface area contributed by atoms with Crippen molar-refractivity contribution in [1.29, 1.82) is 0 Å². The number of halogens is 2. The van der Waals surface area contributed by atoms with Gasteiger partial charge in [0.1, 0.15) is 6.10 Å². The Bertz CT molecular complexity index is 812. The molecule has 0 spiro atoms. The standard InChI is InChI=1S/C11H12F2N2O5S/c1-15-7-3-2-6(4-9(7)20-11(15)17)21(18,19)14-5-8(16)10(12)13/h2-4,8,10,14,16H,5H2,1H3. The van der Waals surface area contributed by atoms with Crippen LogP contribution in [0.2, 0.25) is 0 Å². The Morgan fingerprint density at radius 2 is 2.10 bits per heavy atom. The Kier molecular flexibility index (Phi) is 4.12. The van der Waals surface area contributed by atoms with Gasteiger partial charge in [0.2, 0.25) is 10.0 Å². The summed E-state index contributed by atoms with van der Waals surface area (Å²) in [6.07, 6.45) is -5.15. The third-order valence-electron chi connectivity index (χ3n) is 2.85. The molecule has 0 fully saturated rings. The second-order valence-corrected chi connectivity index (χ2v) is 6.08. The molecule has 2 rings (SSSR count). The first kappa shape index (κ1) is 15.6. The number of nitrogens with zero attached hydrogens (tertiary/aromatic N) is 1. The van der Waals surface area contributed by atoms with E-state index in [1.54, 1.807) is 0 Å². The summed E-state index contributed by atoms with van der Waals surface area (Å²) in [7, 11) is -2.64. The number of nitrogens with one attached hydrogen (secondary N) is 1. The predicted molar refractivity (Wildman–Crippen MR) is 68.7 cm³/mol. The number of alkyl halides is 2. The number of aromatic nitrogens is 1. The number of aryl methyl sites for hydroxylation is 1. The van der Waals surface area contributed by atoms with Crippen LogP contribution >= 0.6 is 0 Å². The van der Waals surface area contributed by atoms with Crippen LogP contribution in [0.1, 0.15) is 0 Å². The van der Waals surface area contributed by atoms with Crippen LogP contribution in [0.3, 0.4) is 0 Å². The number of hydrogen-bond acceptors (Lipinski definition) is 5. The molecule has 1 unspecified atom stereocenters. The lowest BCUT2D eigenvalue weighted by Gasteiger charge is -2.11. The van der Waals surface area contributed by atoms with Gasteiger partial charge >= 0.3 is 5.76 Å². The largest absolute Gasteiger partial charge is 0.419 e. The smallest absolute Gasteiger partial charge is 0.408 e. The fourth-order valence-corrected chi connectivity index (χ4v) is 2.72. The molecule has 7 nitrogen and oxygen atoms in total. The van der Waals surface area contributed by atoms with Crippen molar-refractivity contribution in [3.63, 3.8) is 0 Å². The summed E-state index contributed by atoms with van der Waals surface area (Å²) in [6, 6.07) is 3.67. The molecule has 1 aromatic carbocycles. The Labute approximate surface area is 117 Å². The van der Waals surface area contributed by atoms with Crippen LogP contribution in [0.4, 0.5) is 8.78 Å². The first-order chi connectivity index (χ1) is 9.72. The van der Waals surface area contributed by atoms with Crippen LogP contribution in [-0.2, 0) is 17.1 Å². The van der Waals surface area contributed by atoms with Crippen molar-refractivity contribution in [3.8, 4) is 0 Å². The van der Waals surface area contributed by atoms with Crippen LogP contribution in [0.15, 0.2) is 32.3 Å². The molecule has 2 aromatic rings. The zero-order chi connectivity index (χ0) is 15.8. The van der Waals surface area contributed by atoms with Crippen LogP contribution in [0.5, 0.6) is 0 Å². The van der Waals surface area contributed by atoms with Crippen molar-refractivity contribution >= 4 is 21.1 Å². The van der Waals surface area contributed by atoms with E-state index in [-0.39, 0.29) is 10.5 Å². The first-order valence-corrected chi connectivity index (χ1v) is 7.26. The average Bonchev–Trinajstić information content (AvgIpc) is 2.71. The monoisotopic (exact) mass is 322 g/mol. The van der Waals surface area contributed by atoms with Crippen molar-refractivity contribution < 1.29 is 26.7 Å². The predicted octanol–water partition coefficient (Wildman–Crippen LogP) is 0.0358. The molecule has 1 heterocycles. The van der Waals surface area contributed by atoms with E-state index < -0.39 is 34.9 Å². The van der Waals surface area contributed by atoms with Gasteiger partial charge in [-0.15, -0.1) is 0 Å². The summed E-state index contributed by atoms with van der Waals surface area (Å²) in [5.41, 5.74) is 0.450. The highest BCUT2D eigenvalue weighted by Crippen LogP contribution is 2.17. The van der Waals surface area contributed by atoms with Gasteiger partial charge in [0.05, 0.1) is 10.4 Å². The maximum absolute atomic E-state index is 12.1. The minimum Gasteiger partial charge on any atom is -0.408 e. The van der Waals surface area contributed by atoms with Crippen molar-refractivity contribution in [1.82, 2.24) is 9.29 Å². The van der Waals surface area contributed by atoms with E-state index in [0.717, 1.165) is 6.07 Å². The maximum Gasteiger partial charge on any atom is 0.419 e. The average molecular weight is 322 g/mol. The summed E-state index contributed by atoms with van der Waals surface area (Å²) >= 11 is 0. The number of sulfonamides is 1. The van der Waals surface area contributed by atoms with Crippen molar-refractivity contribution in [2.75, 3.05) is 6.54 Å². The Hall–Kier alpha value is -1.78. The molecule has 0 radical (unpaired) electrons. The minimum atomic E-state index is -4.10.